The Morgan fingerprint density at radius 2 is 1.31 bits per heavy atom. The summed E-state index contributed by atoms with van der Waals surface area (Å²) in [4.78, 5) is 28.6. The number of ether oxygens (including phenoxy) is 1. The molecule has 1 aliphatic heterocycles. The molecule has 1 amide bonds. The zero-order valence-corrected chi connectivity index (χ0v) is 21.2. The van der Waals surface area contributed by atoms with E-state index >= 15 is 0 Å². The van der Waals surface area contributed by atoms with Crippen LogP contribution in [-0.2, 0) is 25.5 Å². The number of carbonyl (C=O) groups is 2. The molecule has 5 nitrogen and oxygen atoms in total. The van der Waals surface area contributed by atoms with Crippen LogP contribution in [0.15, 0.2) is 114 Å². The lowest BCUT2D eigenvalue weighted by Crippen LogP contribution is -2.54. The number of carbonyl (C=O) groups excluding carboxylic acids is 2. The van der Waals surface area contributed by atoms with Gasteiger partial charge in [0, 0.05) is 10.0 Å². The molecule has 36 heavy (non-hydrogen) atoms. The van der Waals surface area contributed by atoms with Crippen LogP contribution in [-0.4, -0.2) is 24.1 Å². The minimum absolute atomic E-state index is 0.340. The largest absolute Gasteiger partial charge is 0.469 e. The van der Waals surface area contributed by atoms with E-state index in [1.54, 1.807) is 17.0 Å². The van der Waals surface area contributed by atoms with E-state index in [9.17, 15) is 14.7 Å². The van der Waals surface area contributed by atoms with Crippen LogP contribution < -0.4 is 4.90 Å². The van der Waals surface area contributed by atoms with Gasteiger partial charge in [-0.25, -0.2) is 0 Å². The molecular formula is C30H24BrNO4. The summed E-state index contributed by atoms with van der Waals surface area (Å²) in [5.41, 5.74) is 0.102. The molecule has 4 aromatic carbocycles. The average Bonchev–Trinajstić information content (AvgIpc) is 3.14. The van der Waals surface area contributed by atoms with Gasteiger partial charge >= 0.3 is 5.97 Å². The summed E-state index contributed by atoms with van der Waals surface area (Å²) in [6, 6.07) is 34.6. The fourth-order valence-electron chi connectivity index (χ4n) is 5.21. The van der Waals surface area contributed by atoms with Crippen molar-refractivity contribution < 1.29 is 19.4 Å². The molecule has 1 N–H and O–H groups in total. The molecule has 1 heterocycles. The third kappa shape index (κ3) is 3.56. The van der Waals surface area contributed by atoms with Gasteiger partial charge in [-0.2, -0.15) is 0 Å². The van der Waals surface area contributed by atoms with Gasteiger partial charge in [0.05, 0.1) is 19.2 Å². The maximum Gasteiger partial charge on any atom is 0.309 e. The van der Waals surface area contributed by atoms with Gasteiger partial charge < -0.3 is 9.84 Å². The number of hydrogen-bond donors (Lipinski definition) is 1. The van der Waals surface area contributed by atoms with Crippen LogP contribution in [0.4, 0.5) is 5.69 Å². The maximum atomic E-state index is 14.5. The Bertz CT molecular complexity index is 1310. The van der Waals surface area contributed by atoms with E-state index in [1.807, 2.05) is 97.1 Å². The minimum Gasteiger partial charge on any atom is -0.469 e. The van der Waals surface area contributed by atoms with Gasteiger partial charge in [-0.1, -0.05) is 113 Å². The predicted octanol–water partition coefficient (Wildman–Crippen LogP) is 5.54. The van der Waals surface area contributed by atoms with Crippen LogP contribution in [0.5, 0.6) is 0 Å². The van der Waals surface area contributed by atoms with Crippen molar-refractivity contribution in [2.24, 2.45) is 0 Å². The predicted molar refractivity (Wildman–Crippen MR) is 141 cm³/mol. The second-order valence-corrected chi connectivity index (χ2v) is 9.55. The second kappa shape index (κ2) is 9.37. The monoisotopic (exact) mass is 541 g/mol. The van der Waals surface area contributed by atoms with Crippen molar-refractivity contribution >= 4 is 33.5 Å². The van der Waals surface area contributed by atoms with Crippen molar-refractivity contribution in [3.63, 3.8) is 0 Å². The van der Waals surface area contributed by atoms with Gasteiger partial charge in [0.25, 0.3) is 5.91 Å². The third-order valence-electron chi connectivity index (χ3n) is 6.74. The number of amides is 1. The van der Waals surface area contributed by atoms with Crippen molar-refractivity contribution in [3.8, 4) is 0 Å². The number of hydrogen-bond acceptors (Lipinski definition) is 4. The summed E-state index contributed by atoms with van der Waals surface area (Å²) in [7, 11) is 1.24. The smallest absolute Gasteiger partial charge is 0.309 e. The zero-order chi connectivity index (χ0) is 25.3. The number of rotatable bonds is 6. The van der Waals surface area contributed by atoms with E-state index < -0.39 is 29.4 Å². The SMILES string of the molecule is COC(=O)C[C@]1(O)C(=O)N(C(c2ccccc2)(c2ccccc2)c2ccccc2)c2cccc(Br)c21. The first kappa shape index (κ1) is 24.0. The van der Waals surface area contributed by atoms with Crippen LogP contribution in [0.25, 0.3) is 0 Å². The molecule has 0 saturated heterocycles. The molecule has 0 saturated carbocycles. The molecule has 5 rings (SSSR count). The number of esters is 1. The van der Waals surface area contributed by atoms with Gasteiger partial charge in [0.1, 0.15) is 5.54 Å². The molecular weight excluding hydrogens is 518 g/mol. The summed E-state index contributed by atoms with van der Waals surface area (Å²) >= 11 is 3.53. The molecule has 180 valence electrons. The molecule has 1 aliphatic rings. The molecule has 0 radical (unpaired) electrons. The fraction of sp³-hybridized carbons (Fsp3) is 0.133. The number of aliphatic hydroxyl groups is 1. The van der Waals surface area contributed by atoms with Crippen molar-refractivity contribution in [1.29, 1.82) is 0 Å². The van der Waals surface area contributed by atoms with Gasteiger partial charge in [-0.3, -0.25) is 14.5 Å². The topological polar surface area (TPSA) is 66.8 Å². The van der Waals surface area contributed by atoms with Crippen molar-refractivity contribution in [2.75, 3.05) is 12.0 Å². The lowest BCUT2D eigenvalue weighted by atomic mass is 9.75. The van der Waals surface area contributed by atoms with Gasteiger partial charge in [0.15, 0.2) is 5.60 Å². The molecule has 4 aromatic rings. The number of halogens is 1. The highest BCUT2D eigenvalue weighted by Gasteiger charge is 2.59. The fourth-order valence-corrected chi connectivity index (χ4v) is 5.90. The van der Waals surface area contributed by atoms with Crippen molar-refractivity contribution in [2.45, 2.75) is 17.6 Å². The summed E-state index contributed by atoms with van der Waals surface area (Å²) in [6.45, 7) is 0. The van der Waals surface area contributed by atoms with E-state index in [4.69, 9.17) is 4.74 Å². The van der Waals surface area contributed by atoms with Crippen LogP contribution in [0.1, 0.15) is 28.7 Å². The Morgan fingerprint density at radius 1 is 0.833 bits per heavy atom. The summed E-state index contributed by atoms with van der Waals surface area (Å²) < 4.78 is 5.40. The molecule has 0 fully saturated rings. The van der Waals surface area contributed by atoms with Crippen molar-refractivity contribution in [1.82, 2.24) is 0 Å². The summed E-state index contributed by atoms with van der Waals surface area (Å²) in [5, 5.41) is 11.9. The highest BCUT2D eigenvalue weighted by Crippen LogP contribution is 2.54. The van der Waals surface area contributed by atoms with Crippen LogP contribution >= 0.6 is 15.9 Å². The minimum atomic E-state index is -2.12. The van der Waals surface area contributed by atoms with Gasteiger partial charge in [-0.15, -0.1) is 0 Å². The zero-order valence-electron chi connectivity index (χ0n) is 19.6. The Kier molecular flexibility index (Phi) is 6.24. The molecule has 1 atom stereocenters. The second-order valence-electron chi connectivity index (χ2n) is 8.70. The maximum absolute atomic E-state index is 14.5. The molecule has 6 heteroatoms. The summed E-state index contributed by atoms with van der Waals surface area (Å²) in [5.74, 6) is -1.29. The van der Waals surface area contributed by atoms with E-state index in [0.717, 1.165) is 16.7 Å². The Hall–Kier alpha value is -3.74. The Balaban J connectivity index is 1.91. The standard InChI is InChI=1S/C30H24BrNO4/c1-36-26(33)20-29(35)27-24(31)18-11-19-25(27)32(28(29)34)30(21-12-5-2-6-13-21,22-14-7-3-8-15-22)23-16-9-4-10-17-23/h2-19,35H,20H2,1H3/t29-/m1/s1. The van der Waals surface area contributed by atoms with Crippen LogP contribution in [0.3, 0.4) is 0 Å². The lowest BCUT2D eigenvalue weighted by Gasteiger charge is -2.44. The third-order valence-corrected chi connectivity index (χ3v) is 7.40. The molecule has 0 unspecified atom stereocenters. The highest BCUT2D eigenvalue weighted by molar-refractivity contribution is 9.10. The van der Waals surface area contributed by atoms with Gasteiger partial charge in [-0.05, 0) is 28.8 Å². The first-order chi connectivity index (χ1) is 17.4. The van der Waals surface area contributed by atoms with Crippen LogP contribution in [0.2, 0.25) is 0 Å². The van der Waals surface area contributed by atoms with E-state index in [1.165, 1.54) is 7.11 Å². The lowest BCUT2D eigenvalue weighted by molar-refractivity contribution is -0.153. The van der Waals surface area contributed by atoms with E-state index in [-0.39, 0.29) is 0 Å². The number of fused-ring (bicyclic) bond motifs is 1. The quantitative estimate of drug-likeness (QED) is 0.257. The highest BCUT2D eigenvalue weighted by atomic mass is 79.9. The summed E-state index contributed by atoms with van der Waals surface area (Å²) in [6.07, 6.45) is -0.511. The molecule has 0 spiro atoms. The molecule has 0 bridgehead atoms. The number of anilines is 1. The van der Waals surface area contributed by atoms with E-state index in [2.05, 4.69) is 15.9 Å². The number of nitrogens with zero attached hydrogens (tertiary/aromatic N) is 1. The number of methoxy groups -OCH3 is 1. The Labute approximate surface area is 218 Å². The van der Waals surface area contributed by atoms with E-state index in [0.29, 0.717) is 15.7 Å². The normalized spacial score (nSPS) is 17.1. The molecule has 0 aliphatic carbocycles. The average molecular weight is 542 g/mol. The Morgan fingerprint density at radius 3 is 1.75 bits per heavy atom. The van der Waals surface area contributed by atoms with Gasteiger partial charge in [0.2, 0.25) is 0 Å². The van der Waals surface area contributed by atoms with Crippen molar-refractivity contribution in [3.05, 3.63) is 136 Å². The first-order valence-electron chi connectivity index (χ1n) is 11.5. The number of benzene rings is 4. The first-order valence-corrected chi connectivity index (χ1v) is 12.3. The van der Waals surface area contributed by atoms with Crippen LogP contribution in [0, 0.1) is 0 Å². The molecule has 0 aromatic heterocycles.